The molecule has 0 aromatic carbocycles. The standard InChI is InChI=1S/C12H23N3OS/c1-4-6-16-7-5-11-14-15-12(17-11)9-13-8-10(2)3/h10,13H,4-9H2,1-3H3. The second-order valence-corrected chi connectivity index (χ2v) is 5.62. The van der Waals surface area contributed by atoms with Gasteiger partial charge in [-0.25, -0.2) is 0 Å². The van der Waals surface area contributed by atoms with E-state index in [0.29, 0.717) is 5.92 Å². The molecule has 1 aromatic heterocycles. The van der Waals surface area contributed by atoms with E-state index in [1.54, 1.807) is 11.3 Å². The SMILES string of the molecule is CCCOCCc1nnc(CNCC(C)C)s1. The van der Waals surface area contributed by atoms with Crippen LogP contribution < -0.4 is 5.32 Å². The molecule has 0 saturated carbocycles. The first-order chi connectivity index (χ1) is 8.22. The van der Waals surface area contributed by atoms with Gasteiger partial charge in [0, 0.05) is 19.6 Å². The minimum atomic E-state index is 0.671. The molecule has 0 amide bonds. The molecule has 4 nitrogen and oxygen atoms in total. The van der Waals surface area contributed by atoms with Crippen molar-refractivity contribution in [2.45, 2.75) is 40.2 Å². The third-order valence-corrected chi connectivity index (χ3v) is 3.13. The van der Waals surface area contributed by atoms with E-state index in [4.69, 9.17) is 4.74 Å². The highest BCUT2D eigenvalue weighted by Gasteiger charge is 2.04. The highest BCUT2D eigenvalue weighted by molar-refractivity contribution is 7.11. The van der Waals surface area contributed by atoms with Gasteiger partial charge in [-0.15, -0.1) is 21.5 Å². The Labute approximate surface area is 108 Å². The minimum Gasteiger partial charge on any atom is -0.381 e. The largest absolute Gasteiger partial charge is 0.381 e. The zero-order chi connectivity index (χ0) is 12.5. The summed E-state index contributed by atoms with van der Waals surface area (Å²) in [5.74, 6) is 0.671. The van der Waals surface area contributed by atoms with E-state index in [0.717, 1.165) is 49.2 Å². The Morgan fingerprint density at radius 3 is 2.71 bits per heavy atom. The van der Waals surface area contributed by atoms with E-state index in [1.807, 2.05) is 0 Å². The number of nitrogens with one attached hydrogen (secondary N) is 1. The summed E-state index contributed by atoms with van der Waals surface area (Å²) in [6, 6.07) is 0. The molecule has 0 unspecified atom stereocenters. The quantitative estimate of drug-likeness (QED) is 0.689. The average molecular weight is 257 g/mol. The second kappa shape index (κ2) is 8.55. The fraction of sp³-hybridized carbons (Fsp3) is 0.833. The lowest BCUT2D eigenvalue weighted by atomic mass is 10.2. The van der Waals surface area contributed by atoms with Gasteiger partial charge in [0.2, 0.25) is 0 Å². The Morgan fingerprint density at radius 2 is 2.00 bits per heavy atom. The topological polar surface area (TPSA) is 47.0 Å². The van der Waals surface area contributed by atoms with E-state index >= 15 is 0 Å². The summed E-state index contributed by atoms with van der Waals surface area (Å²) in [6.45, 7) is 9.94. The van der Waals surface area contributed by atoms with Crippen molar-refractivity contribution in [1.29, 1.82) is 0 Å². The van der Waals surface area contributed by atoms with Gasteiger partial charge in [0.1, 0.15) is 10.0 Å². The predicted molar refractivity (Wildman–Crippen MR) is 71.3 cm³/mol. The number of ether oxygens (including phenoxy) is 1. The molecule has 0 atom stereocenters. The monoisotopic (exact) mass is 257 g/mol. The van der Waals surface area contributed by atoms with Gasteiger partial charge in [-0.1, -0.05) is 20.8 Å². The summed E-state index contributed by atoms with van der Waals surface area (Å²) in [6.07, 6.45) is 1.95. The predicted octanol–water partition coefficient (Wildman–Crippen LogP) is 2.25. The zero-order valence-electron chi connectivity index (χ0n) is 11.0. The van der Waals surface area contributed by atoms with Gasteiger partial charge in [-0.3, -0.25) is 0 Å². The third kappa shape index (κ3) is 6.71. The number of hydrogen-bond donors (Lipinski definition) is 1. The molecule has 1 heterocycles. The molecule has 1 N–H and O–H groups in total. The van der Waals surface area contributed by atoms with Gasteiger partial charge < -0.3 is 10.1 Å². The molecule has 0 aliphatic rings. The van der Waals surface area contributed by atoms with Crippen molar-refractivity contribution in [2.24, 2.45) is 5.92 Å². The van der Waals surface area contributed by atoms with Gasteiger partial charge in [0.15, 0.2) is 0 Å². The summed E-state index contributed by atoms with van der Waals surface area (Å²) in [4.78, 5) is 0. The van der Waals surface area contributed by atoms with Gasteiger partial charge in [-0.05, 0) is 18.9 Å². The zero-order valence-corrected chi connectivity index (χ0v) is 11.8. The first-order valence-corrected chi connectivity index (χ1v) is 7.13. The summed E-state index contributed by atoms with van der Waals surface area (Å²) in [5, 5.41) is 13.8. The van der Waals surface area contributed by atoms with Crippen LogP contribution in [-0.2, 0) is 17.7 Å². The van der Waals surface area contributed by atoms with Gasteiger partial charge in [0.05, 0.1) is 6.61 Å². The fourth-order valence-electron chi connectivity index (χ4n) is 1.33. The molecular weight excluding hydrogens is 234 g/mol. The Hall–Kier alpha value is -0.520. The molecule has 17 heavy (non-hydrogen) atoms. The third-order valence-electron chi connectivity index (χ3n) is 2.15. The molecule has 0 bridgehead atoms. The minimum absolute atomic E-state index is 0.671. The van der Waals surface area contributed by atoms with Crippen molar-refractivity contribution in [3.8, 4) is 0 Å². The van der Waals surface area contributed by atoms with Crippen molar-refractivity contribution in [2.75, 3.05) is 19.8 Å². The Morgan fingerprint density at radius 1 is 1.24 bits per heavy atom. The van der Waals surface area contributed by atoms with Crippen LogP contribution in [0.25, 0.3) is 0 Å². The van der Waals surface area contributed by atoms with Crippen LogP contribution in [0.5, 0.6) is 0 Å². The lowest BCUT2D eigenvalue weighted by Gasteiger charge is -2.03. The molecule has 1 rings (SSSR count). The first-order valence-electron chi connectivity index (χ1n) is 6.32. The van der Waals surface area contributed by atoms with Crippen LogP contribution in [0.15, 0.2) is 0 Å². The van der Waals surface area contributed by atoms with Crippen molar-refractivity contribution < 1.29 is 4.74 Å². The fourth-order valence-corrected chi connectivity index (χ4v) is 2.13. The molecular formula is C12H23N3OS. The van der Waals surface area contributed by atoms with Crippen LogP contribution in [0.4, 0.5) is 0 Å². The van der Waals surface area contributed by atoms with Crippen LogP contribution in [-0.4, -0.2) is 30.0 Å². The molecule has 0 radical (unpaired) electrons. The van der Waals surface area contributed by atoms with Crippen LogP contribution in [0, 0.1) is 5.92 Å². The van der Waals surface area contributed by atoms with E-state index in [9.17, 15) is 0 Å². The van der Waals surface area contributed by atoms with E-state index in [2.05, 4.69) is 36.3 Å². The molecule has 0 aliphatic carbocycles. The van der Waals surface area contributed by atoms with E-state index < -0.39 is 0 Å². The number of aromatic nitrogens is 2. The summed E-state index contributed by atoms with van der Waals surface area (Å²) in [7, 11) is 0. The number of rotatable bonds is 9. The van der Waals surface area contributed by atoms with Crippen molar-refractivity contribution in [1.82, 2.24) is 15.5 Å². The highest BCUT2D eigenvalue weighted by atomic mass is 32.1. The summed E-state index contributed by atoms with van der Waals surface area (Å²) in [5.41, 5.74) is 0. The van der Waals surface area contributed by atoms with Crippen LogP contribution in [0.1, 0.15) is 37.2 Å². The second-order valence-electron chi connectivity index (χ2n) is 4.48. The normalized spacial score (nSPS) is 11.3. The summed E-state index contributed by atoms with van der Waals surface area (Å²) < 4.78 is 5.43. The maximum absolute atomic E-state index is 5.43. The maximum atomic E-state index is 5.43. The van der Waals surface area contributed by atoms with E-state index in [-0.39, 0.29) is 0 Å². The Kier molecular flexibility index (Phi) is 7.32. The number of nitrogens with zero attached hydrogens (tertiary/aromatic N) is 2. The lowest BCUT2D eigenvalue weighted by Crippen LogP contribution is -2.18. The lowest BCUT2D eigenvalue weighted by molar-refractivity contribution is 0.138. The smallest absolute Gasteiger partial charge is 0.131 e. The highest BCUT2D eigenvalue weighted by Crippen LogP contribution is 2.10. The Balaban J connectivity index is 2.18. The van der Waals surface area contributed by atoms with Crippen molar-refractivity contribution in [3.63, 3.8) is 0 Å². The van der Waals surface area contributed by atoms with Crippen molar-refractivity contribution in [3.05, 3.63) is 10.0 Å². The molecule has 0 aliphatic heterocycles. The summed E-state index contributed by atoms with van der Waals surface area (Å²) >= 11 is 1.68. The van der Waals surface area contributed by atoms with Crippen LogP contribution in [0.3, 0.4) is 0 Å². The van der Waals surface area contributed by atoms with E-state index in [1.165, 1.54) is 0 Å². The maximum Gasteiger partial charge on any atom is 0.131 e. The Bertz CT molecular complexity index is 302. The molecule has 98 valence electrons. The van der Waals surface area contributed by atoms with Crippen LogP contribution >= 0.6 is 11.3 Å². The van der Waals surface area contributed by atoms with Crippen molar-refractivity contribution >= 4 is 11.3 Å². The van der Waals surface area contributed by atoms with Crippen LogP contribution in [0.2, 0.25) is 0 Å². The van der Waals surface area contributed by atoms with Gasteiger partial charge in [0.25, 0.3) is 0 Å². The molecule has 0 spiro atoms. The first kappa shape index (κ1) is 14.5. The van der Waals surface area contributed by atoms with Gasteiger partial charge in [-0.2, -0.15) is 0 Å². The molecule has 0 saturated heterocycles. The molecule has 0 fully saturated rings. The molecule has 5 heteroatoms. The van der Waals surface area contributed by atoms with Gasteiger partial charge >= 0.3 is 0 Å². The average Bonchev–Trinajstić information content (AvgIpc) is 2.72. The molecule has 1 aromatic rings. The number of hydrogen-bond acceptors (Lipinski definition) is 5.